The number of nitrogens with zero attached hydrogens (tertiary/aromatic N) is 4. The van der Waals surface area contributed by atoms with Crippen LogP contribution in [0.1, 0.15) is 15.9 Å². The first kappa shape index (κ1) is 22.2. The SMILES string of the molecule is Cc1c(F)cc(C(=O)N2CCN(S(=O)(=O)c3cccc([N+](=O)[O-])c3)CC2)cc1[N+](=O)[O-]. The number of hydrogen-bond acceptors (Lipinski definition) is 7. The molecular formula is C18H17FN4O7S. The highest BCUT2D eigenvalue weighted by Crippen LogP contribution is 2.25. The molecule has 1 fully saturated rings. The Morgan fingerprint density at radius 1 is 1.03 bits per heavy atom. The monoisotopic (exact) mass is 452 g/mol. The Kier molecular flexibility index (Phi) is 5.99. The fourth-order valence-corrected chi connectivity index (χ4v) is 4.66. The van der Waals surface area contributed by atoms with Gasteiger partial charge >= 0.3 is 0 Å². The molecule has 0 spiro atoms. The molecule has 0 saturated carbocycles. The van der Waals surface area contributed by atoms with Crippen LogP contribution in [0, 0.1) is 33.0 Å². The number of halogens is 1. The van der Waals surface area contributed by atoms with Crippen LogP contribution in [0.25, 0.3) is 0 Å². The topological polar surface area (TPSA) is 144 Å². The molecule has 1 aliphatic heterocycles. The van der Waals surface area contributed by atoms with Crippen molar-refractivity contribution in [1.29, 1.82) is 0 Å². The summed E-state index contributed by atoms with van der Waals surface area (Å²) in [6.07, 6.45) is 0. The van der Waals surface area contributed by atoms with Gasteiger partial charge in [-0.3, -0.25) is 25.0 Å². The highest BCUT2D eigenvalue weighted by molar-refractivity contribution is 7.89. The summed E-state index contributed by atoms with van der Waals surface area (Å²) < 4.78 is 40.7. The lowest BCUT2D eigenvalue weighted by molar-refractivity contribution is -0.385. The third-order valence-corrected chi connectivity index (χ3v) is 6.85. The minimum absolute atomic E-state index is 0.0315. The molecule has 2 aromatic carbocycles. The second kappa shape index (κ2) is 8.35. The first-order valence-corrected chi connectivity index (χ1v) is 10.4. The van der Waals surface area contributed by atoms with Gasteiger partial charge in [-0.1, -0.05) is 6.07 Å². The maximum Gasteiger partial charge on any atom is 0.276 e. The maximum absolute atomic E-state index is 14.0. The largest absolute Gasteiger partial charge is 0.336 e. The van der Waals surface area contributed by atoms with Crippen LogP contribution in [-0.2, 0) is 10.0 Å². The summed E-state index contributed by atoms with van der Waals surface area (Å²) in [5.41, 5.74) is -1.27. The van der Waals surface area contributed by atoms with E-state index in [1.165, 1.54) is 30.0 Å². The van der Waals surface area contributed by atoms with Gasteiger partial charge in [-0.25, -0.2) is 12.8 Å². The predicted molar refractivity (Wildman–Crippen MR) is 106 cm³/mol. The average Bonchev–Trinajstić information content (AvgIpc) is 2.75. The van der Waals surface area contributed by atoms with Crippen molar-refractivity contribution < 1.29 is 27.4 Å². The number of non-ortho nitro benzene ring substituents is 1. The summed E-state index contributed by atoms with van der Waals surface area (Å²) in [4.78, 5) is 34.2. The molecule has 0 bridgehead atoms. The second-order valence-corrected chi connectivity index (χ2v) is 8.75. The zero-order chi connectivity index (χ0) is 22.9. The summed E-state index contributed by atoms with van der Waals surface area (Å²) in [6.45, 7) is 0.992. The zero-order valence-electron chi connectivity index (χ0n) is 16.2. The minimum Gasteiger partial charge on any atom is -0.336 e. The number of benzene rings is 2. The van der Waals surface area contributed by atoms with Crippen molar-refractivity contribution in [3.63, 3.8) is 0 Å². The van der Waals surface area contributed by atoms with E-state index in [1.807, 2.05) is 0 Å². The fourth-order valence-electron chi connectivity index (χ4n) is 3.20. The van der Waals surface area contributed by atoms with Crippen molar-refractivity contribution in [2.24, 2.45) is 0 Å². The molecule has 0 atom stereocenters. The Bertz CT molecular complexity index is 1180. The van der Waals surface area contributed by atoms with E-state index < -0.39 is 37.3 Å². The van der Waals surface area contributed by atoms with Crippen molar-refractivity contribution in [1.82, 2.24) is 9.21 Å². The molecule has 0 aliphatic carbocycles. The van der Waals surface area contributed by atoms with Crippen LogP contribution in [-0.4, -0.2) is 59.6 Å². The van der Waals surface area contributed by atoms with E-state index in [-0.39, 0.29) is 47.9 Å². The van der Waals surface area contributed by atoms with E-state index in [9.17, 15) is 37.8 Å². The molecule has 13 heteroatoms. The first-order chi connectivity index (χ1) is 14.5. The van der Waals surface area contributed by atoms with Crippen LogP contribution >= 0.6 is 0 Å². The van der Waals surface area contributed by atoms with Crippen LogP contribution in [0.5, 0.6) is 0 Å². The van der Waals surface area contributed by atoms with Gasteiger partial charge in [0.15, 0.2) is 0 Å². The van der Waals surface area contributed by atoms with Crippen LogP contribution < -0.4 is 0 Å². The number of carbonyl (C=O) groups excluding carboxylic acids is 1. The third-order valence-electron chi connectivity index (χ3n) is 4.95. The lowest BCUT2D eigenvalue weighted by atomic mass is 10.1. The Morgan fingerprint density at radius 2 is 1.68 bits per heavy atom. The van der Waals surface area contributed by atoms with E-state index >= 15 is 0 Å². The summed E-state index contributed by atoms with van der Waals surface area (Å²) in [5, 5.41) is 22.0. The van der Waals surface area contributed by atoms with Crippen molar-refractivity contribution in [3.05, 3.63) is 73.6 Å². The van der Waals surface area contributed by atoms with Crippen LogP contribution in [0.15, 0.2) is 41.3 Å². The van der Waals surface area contributed by atoms with Gasteiger partial charge in [0.2, 0.25) is 10.0 Å². The predicted octanol–water partition coefficient (Wildman–Crippen LogP) is 2.10. The molecule has 0 radical (unpaired) electrons. The minimum atomic E-state index is -4.02. The van der Waals surface area contributed by atoms with Gasteiger partial charge in [-0.15, -0.1) is 0 Å². The second-order valence-electron chi connectivity index (χ2n) is 6.81. The van der Waals surface area contributed by atoms with E-state index in [0.717, 1.165) is 22.5 Å². The van der Waals surface area contributed by atoms with Crippen LogP contribution in [0.3, 0.4) is 0 Å². The summed E-state index contributed by atoms with van der Waals surface area (Å²) in [6, 6.07) is 6.55. The number of hydrogen-bond donors (Lipinski definition) is 0. The molecule has 164 valence electrons. The molecule has 0 N–H and O–H groups in total. The first-order valence-electron chi connectivity index (χ1n) is 9.01. The molecule has 1 saturated heterocycles. The third kappa shape index (κ3) is 4.36. The highest BCUT2D eigenvalue weighted by Gasteiger charge is 2.32. The number of rotatable bonds is 5. The van der Waals surface area contributed by atoms with Crippen molar-refractivity contribution in [3.8, 4) is 0 Å². The van der Waals surface area contributed by atoms with Gasteiger partial charge in [0.1, 0.15) is 5.82 Å². The quantitative estimate of drug-likeness (QED) is 0.499. The lowest BCUT2D eigenvalue weighted by Gasteiger charge is -2.34. The fraction of sp³-hybridized carbons (Fsp3) is 0.278. The summed E-state index contributed by atoms with van der Waals surface area (Å²) in [5.74, 6) is -1.54. The number of nitro groups is 2. The summed E-state index contributed by atoms with van der Waals surface area (Å²) in [7, 11) is -4.02. The van der Waals surface area contributed by atoms with Gasteiger partial charge in [0, 0.05) is 49.9 Å². The van der Waals surface area contributed by atoms with Crippen molar-refractivity contribution >= 4 is 27.3 Å². The molecule has 2 aromatic rings. The van der Waals surface area contributed by atoms with Crippen molar-refractivity contribution in [2.45, 2.75) is 11.8 Å². The number of sulfonamides is 1. The molecule has 0 aromatic heterocycles. The molecule has 31 heavy (non-hydrogen) atoms. The van der Waals surface area contributed by atoms with Gasteiger partial charge in [-0.2, -0.15) is 4.31 Å². The molecule has 1 aliphatic rings. The van der Waals surface area contributed by atoms with Crippen LogP contribution in [0.4, 0.5) is 15.8 Å². The van der Waals surface area contributed by atoms with E-state index in [1.54, 1.807) is 0 Å². The maximum atomic E-state index is 14.0. The molecule has 1 amide bonds. The standard InChI is InChI=1S/C18H17FN4O7S/c1-12-16(19)9-13(10-17(12)23(27)28)18(24)20-5-7-21(8-6-20)31(29,30)15-4-2-3-14(11-15)22(25)26/h2-4,9-11H,5-8H2,1H3. The van der Waals surface area contributed by atoms with Crippen molar-refractivity contribution in [2.75, 3.05) is 26.2 Å². The Morgan fingerprint density at radius 3 is 2.26 bits per heavy atom. The van der Waals surface area contributed by atoms with E-state index in [0.29, 0.717) is 0 Å². The lowest BCUT2D eigenvalue weighted by Crippen LogP contribution is -2.50. The van der Waals surface area contributed by atoms with Gasteiger partial charge in [0.05, 0.1) is 20.3 Å². The number of piperazine rings is 1. The Labute approximate surface area is 176 Å². The van der Waals surface area contributed by atoms with Gasteiger partial charge < -0.3 is 4.90 Å². The molecule has 0 unspecified atom stereocenters. The molecule has 3 rings (SSSR count). The zero-order valence-corrected chi connectivity index (χ0v) is 17.0. The molecule has 1 heterocycles. The number of nitro benzene ring substituents is 2. The van der Waals surface area contributed by atoms with E-state index in [4.69, 9.17) is 0 Å². The summed E-state index contributed by atoms with van der Waals surface area (Å²) >= 11 is 0. The van der Waals surface area contributed by atoms with Gasteiger partial charge in [0.25, 0.3) is 17.3 Å². The average molecular weight is 452 g/mol. The van der Waals surface area contributed by atoms with E-state index in [2.05, 4.69) is 0 Å². The molecule has 11 nitrogen and oxygen atoms in total. The Balaban J connectivity index is 1.76. The Hall–Kier alpha value is -3.45. The molecular weight excluding hydrogens is 435 g/mol. The van der Waals surface area contributed by atoms with Crippen LogP contribution in [0.2, 0.25) is 0 Å². The normalized spacial score (nSPS) is 15.0. The van der Waals surface area contributed by atoms with Gasteiger partial charge in [-0.05, 0) is 19.1 Å². The number of carbonyl (C=O) groups is 1. The number of amides is 1. The highest BCUT2D eigenvalue weighted by atomic mass is 32.2. The smallest absolute Gasteiger partial charge is 0.276 e.